The maximum Gasteiger partial charge on any atom is 0.332 e. The van der Waals surface area contributed by atoms with Crippen molar-refractivity contribution in [3.05, 3.63) is 27.2 Å². The van der Waals surface area contributed by atoms with Crippen LogP contribution in [0, 0.1) is 0 Å². The average Bonchev–Trinajstić information content (AvgIpc) is 3.13. The molecule has 0 spiro atoms. The average molecular weight is 291 g/mol. The summed E-state index contributed by atoms with van der Waals surface area (Å²) in [7, 11) is 1.53. The van der Waals surface area contributed by atoms with Crippen LogP contribution in [0.2, 0.25) is 0 Å². The number of fused-ring (bicyclic) bond motifs is 1. The van der Waals surface area contributed by atoms with Gasteiger partial charge < -0.3 is 9.88 Å². The molecule has 114 valence electrons. The summed E-state index contributed by atoms with van der Waals surface area (Å²) >= 11 is 0. The molecule has 2 aromatic rings. The van der Waals surface area contributed by atoms with Crippen LogP contribution in [0.5, 0.6) is 0 Å². The van der Waals surface area contributed by atoms with Gasteiger partial charge in [-0.25, -0.2) is 9.78 Å². The molecule has 1 fully saturated rings. The number of hydrogen-bond donors (Lipinski definition) is 1. The van der Waals surface area contributed by atoms with Crippen molar-refractivity contribution in [3.8, 4) is 0 Å². The zero-order chi connectivity index (χ0) is 15.1. The number of hydrogen-bond acceptors (Lipinski definition) is 4. The first-order valence-electron chi connectivity index (χ1n) is 7.45. The van der Waals surface area contributed by atoms with E-state index in [1.54, 1.807) is 10.9 Å². The van der Waals surface area contributed by atoms with Crippen LogP contribution in [-0.4, -0.2) is 31.8 Å². The Kier molecular flexibility index (Phi) is 3.44. The molecule has 21 heavy (non-hydrogen) atoms. The Hall–Kier alpha value is -1.89. The van der Waals surface area contributed by atoms with Crippen LogP contribution in [0.4, 0.5) is 0 Å². The first-order chi connectivity index (χ1) is 10.1. The third-order valence-electron chi connectivity index (χ3n) is 4.46. The number of rotatable bonds is 3. The zero-order valence-corrected chi connectivity index (χ0v) is 12.7. The lowest BCUT2D eigenvalue weighted by molar-refractivity contribution is 0.498. The third kappa shape index (κ3) is 2.03. The quantitative estimate of drug-likeness (QED) is 0.888. The Morgan fingerprint density at radius 3 is 2.86 bits per heavy atom. The number of nitrogens with zero attached hydrogens (tertiary/aromatic N) is 4. The normalized spacial score (nSPS) is 20.2. The molecular weight excluding hydrogens is 270 g/mol. The van der Waals surface area contributed by atoms with Crippen molar-refractivity contribution in [2.75, 3.05) is 13.1 Å². The predicted octanol–water partition coefficient (Wildman–Crippen LogP) is 0.402. The number of aromatic nitrogens is 4. The largest absolute Gasteiger partial charge is 0.332 e. The smallest absolute Gasteiger partial charge is 0.320 e. The summed E-state index contributed by atoms with van der Waals surface area (Å²) in [5.74, 6) is 0. The van der Waals surface area contributed by atoms with E-state index in [1.165, 1.54) is 11.6 Å². The summed E-state index contributed by atoms with van der Waals surface area (Å²) < 4.78 is 4.75. The Bertz CT molecular complexity index is 779. The van der Waals surface area contributed by atoms with E-state index in [1.807, 2.05) is 18.4 Å². The van der Waals surface area contributed by atoms with E-state index in [0.29, 0.717) is 11.2 Å². The molecule has 0 bridgehead atoms. The van der Waals surface area contributed by atoms with Gasteiger partial charge in [-0.2, -0.15) is 0 Å². The van der Waals surface area contributed by atoms with Gasteiger partial charge in [0.1, 0.15) is 0 Å². The Labute approximate surface area is 122 Å². The molecule has 0 amide bonds. The van der Waals surface area contributed by atoms with Crippen molar-refractivity contribution >= 4 is 11.2 Å². The summed E-state index contributed by atoms with van der Waals surface area (Å²) in [6.07, 6.45) is 3.48. The van der Waals surface area contributed by atoms with Crippen molar-refractivity contribution < 1.29 is 0 Å². The molecule has 2 atom stereocenters. The van der Waals surface area contributed by atoms with Gasteiger partial charge in [0.2, 0.25) is 0 Å². The highest BCUT2D eigenvalue weighted by Crippen LogP contribution is 2.21. The van der Waals surface area contributed by atoms with Gasteiger partial charge in [0.25, 0.3) is 5.56 Å². The molecule has 3 rings (SSSR count). The molecule has 1 aliphatic rings. The van der Waals surface area contributed by atoms with Crippen LogP contribution in [-0.2, 0) is 7.05 Å². The summed E-state index contributed by atoms with van der Waals surface area (Å²) in [5.41, 5.74) is 0.478. The minimum absolute atomic E-state index is 0.0110. The van der Waals surface area contributed by atoms with Crippen LogP contribution >= 0.6 is 0 Å². The fourth-order valence-electron chi connectivity index (χ4n) is 2.97. The Morgan fingerprint density at radius 2 is 2.24 bits per heavy atom. The topological polar surface area (TPSA) is 73.8 Å². The summed E-state index contributed by atoms with van der Waals surface area (Å²) in [6.45, 7) is 5.76. The molecule has 0 aromatic carbocycles. The second-order valence-electron chi connectivity index (χ2n) is 5.74. The fourth-order valence-corrected chi connectivity index (χ4v) is 2.97. The summed E-state index contributed by atoms with van der Waals surface area (Å²) in [4.78, 5) is 29.3. The highest BCUT2D eigenvalue weighted by Gasteiger charge is 2.24. The molecular formula is C14H21N5O2. The summed E-state index contributed by atoms with van der Waals surface area (Å²) in [6, 6.07) is 0.238. The third-order valence-corrected chi connectivity index (χ3v) is 4.46. The van der Waals surface area contributed by atoms with Gasteiger partial charge >= 0.3 is 5.69 Å². The molecule has 7 heteroatoms. The predicted molar refractivity (Wildman–Crippen MR) is 80.8 cm³/mol. The highest BCUT2D eigenvalue weighted by atomic mass is 16.2. The molecule has 7 nitrogen and oxygen atoms in total. The van der Waals surface area contributed by atoms with Crippen molar-refractivity contribution in [3.63, 3.8) is 0 Å². The number of imidazole rings is 1. The minimum Gasteiger partial charge on any atom is -0.320 e. The van der Waals surface area contributed by atoms with E-state index in [-0.39, 0.29) is 23.3 Å². The minimum atomic E-state index is -0.295. The van der Waals surface area contributed by atoms with Crippen LogP contribution in [0.15, 0.2) is 15.9 Å². The second kappa shape index (κ2) is 5.14. The van der Waals surface area contributed by atoms with Crippen LogP contribution in [0.1, 0.15) is 38.8 Å². The van der Waals surface area contributed by atoms with Crippen molar-refractivity contribution in [2.24, 2.45) is 7.05 Å². The van der Waals surface area contributed by atoms with E-state index in [0.717, 1.165) is 25.9 Å². The monoisotopic (exact) mass is 291 g/mol. The van der Waals surface area contributed by atoms with Gasteiger partial charge in [0, 0.05) is 25.7 Å². The zero-order valence-electron chi connectivity index (χ0n) is 12.7. The lowest BCUT2D eigenvalue weighted by atomic mass is 10.2. The maximum absolute atomic E-state index is 12.5. The second-order valence-corrected chi connectivity index (χ2v) is 5.74. The maximum atomic E-state index is 12.5. The van der Waals surface area contributed by atoms with Crippen LogP contribution < -0.4 is 16.6 Å². The fraction of sp³-hybridized carbons (Fsp3) is 0.643. The van der Waals surface area contributed by atoms with Gasteiger partial charge in [-0.3, -0.25) is 13.9 Å². The summed E-state index contributed by atoms with van der Waals surface area (Å²) in [5, 5.41) is 3.29. The number of nitrogens with one attached hydrogen (secondary N) is 1. The Morgan fingerprint density at radius 1 is 1.48 bits per heavy atom. The molecule has 2 aromatic heterocycles. The molecule has 1 N–H and O–H groups in total. The van der Waals surface area contributed by atoms with Crippen LogP contribution in [0.25, 0.3) is 11.2 Å². The molecule has 1 aliphatic heterocycles. The van der Waals surface area contributed by atoms with Crippen LogP contribution in [0.3, 0.4) is 0 Å². The lowest BCUT2D eigenvalue weighted by Crippen LogP contribution is -2.40. The molecule has 0 aliphatic carbocycles. The van der Waals surface area contributed by atoms with Crippen molar-refractivity contribution in [1.82, 2.24) is 24.0 Å². The first kappa shape index (κ1) is 14.1. The molecule has 0 saturated carbocycles. The Balaban J connectivity index is 2.34. The van der Waals surface area contributed by atoms with E-state index in [4.69, 9.17) is 0 Å². The highest BCUT2D eigenvalue weighted by molar-refractivity contribution is 5.70. The SMILES string of the molecule is CCC(C)n1c(=O)n(C)c(=O)c2c1ncn2C1CCNC1. The van der Waals surface area contributed by atoms with Crippen molar-refractivity contribution in [1.29, 1.82) is 0 Å². The lowest BCUT2D eigenvalue weighted by Gasteiger charge is -2.16. The molecule has 0 radical (unpaired) electrons. The van der Waals surface area contributed by atoms with Gasteiger partial charge in [-0.05, 0) is 26.3 Å². The molecule has 2 unspecified atom stereocenters. The van der Waals surface area contributed by atoms with Gasteiger partial charge in [-0.15, -0.1) is 0 Å². The van der Waals surface area contributed by atoms with E-state index >= 15 is 0 Å². The van der Waals surface area contributed by atoms with Gasteiger partial charge in [-0.1, -0.05) is 6.92 Å². The standard InChI is InChI=1S/C14H21N5O2/c1-4-9(2)19-12-11(13(20)17(3)14(19)21)18(8-16-12)10-5-6-15-7-10/h8-10,15H,4-7H2,1-3H3. The molecule has 1 saturated heterocycles. The van der Waals surface area contributed by atoms with E-state index < -0.39 is 0 Å². The molecule has 3 heterocycles. The van der Waals surface area contributed by atoms with Gasteiger partial charge in [0.15, 0.2) is 11.2 Å². The first-order valence-corrected chi connectivity index (χ1v) is 7.45. The van der Waals surface area contributed by atoms with E-state index in [2.05, 4.69) is 10.3 Å². The van der Waals surface area contributed by atoms with Gasteiger partial charge in [0.05, 0.1) is 6.33 Å². The van der Waals surface area contributed by atoms with E-state index in [9.17, 15) is 9.59 Å². The van der Waals surface area contributed by atoms with Crippen molar-refractivity contribution in [2.45, 2.75) is 38.8 Å².